The van der Waals surface area contributed by atoms with Crippen LogP contribution in [0.1, 0.15) is 5.56 Å². The molecule has 0 aliphatic carbocycles. The van der Waals surface area contributed by atoms with Gasteiger partial charge in [0, 0.05) is 17.0 Å². The van der Waals surface area contributed by atoms with Gasteiger partial charge in [-0.25, -0.2) is 9.60 Å². The number of hydrogen-bond donors (Lipinski definition) is 2. The lowest BCUT2D eigenvalue weighted by Gasteiger charge is -2.31. The molecular formula is C21H23ClFN2O2+. The Balaban J connectivity index is 2.00. The van der Waals surface area contributed by atoms with E-state index in [2.05, 4.69) is 0 Å². The molecule has 3 rings (SSSR count). The summed E-state index contributed by atoms with van der Waals surface area (Å²) in [5, 5.41) is 11.0. The van der Waals surface area contributed by atoms with Gasteiger partial charge in [0.1, 0.15) is 24.8 Å². The monoisotopic (exact) mass is 389 g/mol. The standard InChI is InChI=1S/C21H23ClFN2O2/c1-25(26)13-14(6-8-18(25)12-24)10-16-7-9-19(27-2)20(21(16)23)15-4-3-5-17(22)11-15/h3-9,11,13,18,26H,10,12,24H2,1-2H3/q+1. The average Bonchev–Trinajstić information content (AvgIpc) is 2.62. The summed E-state index contributed by atoms with van der Waals surface area (Å²) in [5.41, 5.74) is 8.03. The Morgan fingerprint density at radius 2 is 2.07 bits per heavy atom. The lowest BCUT2D eigenvalue weighted by atomic mass is 9.96. The van der Waals surface area contributed by atoms with Crippen molar-refractivity contribution in [2.45, 2.75) is 12.5 Å². The van der Waals surface area contributed by atoms with Crippen molar-refractivity contribution in [3.8, 4) is 16.9 Å². The minimum absolute atomic E-state index is 0.212. The van der Waals surface area contributed by atoms with E-state index in [-0.39, 0.29) is 16.5 Å². The Hall–Kier alpha value is -2.18. The fourth-order valence-electron chi connectivity index (χ4n) is 3.32. The third kappa shape index (κ3) is 4.06. The quantitative estimate of drug-likeness (QED) is 0.749. The van der Waals surface area contributed by atoms with Crippen LogP contribution in [-0.4, -0.2) is 36.6 Å². The van der Waals surface area contributed by atoms with E-state index in [9.17, 15) is 5.21 Å². The number of hydrogen-bond acceptors (Lipinski definition) is 3. The third-order valence-electron chi connectivity index (χ3n) is 4.78. The highest BCUT2D eigenvalue weighted by Crippen LogP contribution is 2.36. The van der Waals surface area contributed by atoms with Crippen LogP contribution in [0.5, 0.6) is 5.75 Å². The minimum atomic E-state index is -0.362. The van der Waals surface area contributed by atoms with E-state index >= 15 is 4.39 Å². The summed E-state index contributed by atoms with van der Waals surface area (Å²) in [7, 11) is 3.17. The molecule has 1 aliphatic rings. The molecule has 0 bridgehead atoms. The second-order valence-corrected chi connectivity index (χ2v) is 7.20. The van der Waals surface area contributed by atoms with Crippen LogP contribution in [0.15, 0.2) is 60.3 Å². The predicted octanol–water partition coefficient (Wildman–Crippen LogP) is 4.31. The molecule has 0 spiro atoms. The second kappa shape index (κ2) is 7.82. The zero-order valence-corrected chi connectivity index (χ0v) is 16.1. The highest BCUT2D eigenvalue weighted by Gasteiger charge is 2.30. The zero-order valence-electron chi connectivity index (χ0n) is 15.3. The van der Waals surface area contributed by atoms with Crippen molar-refractivity contribution in [2.24, 2.45) is 5.73 Å². The number of rotatable bonds is 5. The molecule has 3 N–H and O–H groups in total. The maximum Gasteiger partial charge on any atom is 0.154 e. The first kappa shape index (κ1) is 19.6. The average molecular weight is 390 g/mol. The molecule has 0 saturated heterocycles. The van der Waals surface area contributed by atoms with E-state index in [1.807, 2.05) is 12.2 Å². The van der Waals surface area contributed by atoms with Crippen LogP contribution in [0, 0.1) is 5.82 Å². The fraction of sp³-hybridized carbons (Fsp3) is 0.238. The van der Waals surface area contributed by atoms with Crippen LogP contribution in [-0.2, 0) is 6.42 Å². The number of likely N-dealkylation sites (N-methyl/N-ethyl adjacent to an activating group) is 1. The van der Waals surface area contributed by atoms with Gasteiger partial charge in [0.05, 0.1) is 19.2 Å². The first-order chi connectivity index (χ1) is 12.9. The Kier molecular flexibility index (Phi) is 5.67. The second-order valence-electron chi connectivity index (χ2n) is 6.77. The number of nitrogens with two attached hydrogens (primary N) is 1. The van der Waals surface area contributed by atoms with Crippen molar-refractivity contribution in [3.05, 3.63) is 76.7 Å². The lowest BCUT2D eigenvalue weighted by molar-refractivity contribution is -1.06. The van der Waals surface area contributed by atoms with E-state index < -0.39 is 0 Å². The molecule has 2 atom stereocenters. The molecular weight excluding hydrogens is 367 g/mol. The van der Waals surface area contributed by atoms with E-state index in [1.165, 1.54) is 7.11 Å². The van der Waals surface area contributed by atoms with Gasteiger partial charge >= 0.3 is 0 Å². The highest BCUT2D eigenvalue weighted by atomic mass is 35.5. The molecule has 0 amide bonds. The smallest absolute Gasteiger partial charge is 0.154 e. The Morgan fingerprint density at radius 1 is 1.30 bits per heavy atom. The molecule has 27 heavy (non-hydrogen) atoms. The predicted molar refractivity (Wildman–Crippen MR) is 105 cm³/mol. The summed E-state index contributed by atoms with van der Waals surface area (Å²) in [4.78, 5) is 0. The largest absolute Gasteiger partial charge is 0.496 e. The summed E-state index contributed by atoms with van der Waals surface area (Å²) >= 11 is 6.08. The third-order valence-corrected chi connectivity index (χ3v) is 5.02. The SMILES string of the molecule is COc1ccc(CC2=C[N+](C)(O)C(CN)C=C2)c(F)c1-c1cccc(Cl)c1. The summed E-state index contributed by atoms with van der Waals surface area (Å²) in [6, 6.07) is 10.3. The van der Waals surface area contributed by atoms with Gasteiger partial charge in [-0.05, 0) is 35.4 Å². The molecule has 2 aromatic rings. The minimum Gasteiger partial charge on any atom is -0.496 e. The van der Waals surface area contributed by atoms with Crippen molar-refractivity contribution < 1.29 is 19.0 Å². The van der Waals surface area contributed by atoms with Crippen LogP contribution < -0.4 is 10.5 Å². The van der Waals surface area contributed by atoms with Gasteiger partial charge in [-0.15, -0.1) is 0 Å². The maximum absolute atomic E-state index is 15.4. The van der Waals surface area contributed by atoms with E-state index in [0.717, 1.165) is 5.57 Å². The summed E-state index contributed by atoms with van der Waals surface area (Å²) in [6.07, 6.45) is 5.77. The zero-order chi connectivity index (χ0) is 19.6. The molecule has 0 aromatic heterocycles. The van der Waals surface area contributed by atoms with Crippen LogP contribution in [0.25, 0.3) is 11.1 Å². The molecule has 142 valence electrons. The normalized spacial score (nSPS) is 21.9. The van der Waals surface area contributed by atoms with Gasteiger partial charge in [0.25, 0.3) is 0 Å². The summed E-state index contributed by atoms with van der Waals surface area (Å²) < 4.78 is 20.4. The van der Waals surface area contributed by atoms with Gasteiger partial charge in [-0.3, -0.25) is 0 Å². The topological polar surface area (TPSA) is 55.5 Å². The number of hydroxylamine groups is 3. The molecule has 2 unspecified atom stereocenters. The van der Waals surface area contributed by atoms with Crippen molar-refractivity contribution in [3.63, 3.8) is 0 Å². The number of ether oxygens (including phenoxy) is 1. The molecule has 6 heteroatoms. The number of benzene rings is 2. The molecule has 2 aromatic carbocycles. The molecule has 1 aliphatic heterocycles. The van der Waals surface area contributed by atoms with Crippen LogP contribution >= 0.6 is 11.6 Å². The van der Waals surface area contributed by atoms with Crippen LogP contribution in [0.4, 0.5) is 4.39 Å². The molecule has 0 fully saturated rings. The number of halogens is 2. The lowest BCUT2D eigenvalue weighted by Crippen LogP contribution is -2.49. The summed E-state index contributed by atoms with van der Waals surface area (Å²) in [6.45, 7) is 0.323. The molecule has 0 saturated carbocycles. The molecule has 1 heterocycles. The Bertz CT molecular complexity index is 909. The van der Waals surface area contributed by atoms with Crippen molar-refractivity contribution in [2.75, 3.05) is 20.7 Å². The Labute approximate surface area is 163 Å². The number of allylic oxidation sites excluding steroid dienone is 2. The van der Waals surface area contributed by atoms with Gasteiger partial charge in [0.15, 0.2) is 6.04 Å². The van der Waals surface area contributed by atoms with Crippen molar-refractivity contribution >= 4 is 11.6 Å². The van der Waals surface area contributed by atoms with Crippen LogP contribution in [0.2, 0.25) is 5.02 Å². The highest BCUT2D eigenvalue weighted by molar-refractivity contribution is 6.30. The first-order valence-electron chi connectivity index (χ1n) is 8.65. The van der Waals surface area contributed by atoms with Gasteiger partial charge in [0.2, 0.25) is 0 Å². The van der Waals surface area contributed by atoms with E-state index in [1.54, 1.807) is 49.6 Å². The van der Waals surface area contributed by atoms with Gasteiger partial charge < -0.3 is 10.5 Å². The van der Waals surface area contributed by atoms with Crippen molar-refractivity contribution in [1.82, 2.24) is 0 Å². The Morgan fingerprint density at radius 3 is 2.70 bits per heavy atom. The van der Waals surface area contributed by atoms with E-state index in [4.69, 9.17) is 22.1 Å². The van der Waals surface area contributed by atoms with Gasteiger partial charge in [-0.2, -0.15) is 4.65 Å². The number of nitrogens with zero attached hydrogens (tertiary/aromatic N) is 1. The molecule has 0 radical (unpaired) electrons. The van der Waals surface area contributed by atoms with E-state index in [0.29, 0.717) is 40.4 Å². The van der Waals surface area contributed by atoms with Gasteiger partial charge in [-0.1, -0.05) is 35.9 Å². The fourth-order valence-corrected chi connectivity index (χ4v) is 3.51. The maximum atomic E-state index is 15.4. The number of methoxy groups -OCH3 is 1. The first-order valence-corrected chi connectivity index (χ1v) is 9.03. The molecule has 4 nitrogen and oxygen atoms in total. The summed E-state index contributed by atoms with van der Waals surface area (Å²) in [5.74, 6) is 0.0802. The van der Waals surface area contributed by atoms with Crippen molar-refractivity contribution in [1.29, 1.82) is 0 Å². The van der Waals surface area contributed by atoms with Crippen LogP contribution in [0.3, 0.4) is 0 Å². The number of quaternary nitrogens is 1.